The molecule has 3 rings (SSSR count). The van der Waals surface area contributed by atoms with E-state index in [2.05, 4.69) is 36.1 Å². The molecule has 110 valence electrons. The van der Waals surface area contributed by atoms with Crippen LogP contribution in [0.3, 0.4) is 0 Å². The number of likely N-dealkylation sites (tertiary alicyclic amines) is 1. The smallest absolute Gasteiger partial charge is 0.0473 e. The van der Waals surface area contributed by atoms with E-state index in [4.69, 9.17) is 5.73 Å². The normalized spacial score (nSPS) is 28.9. The van der Waals surface area contributed by atoms with Crippen molar-refractivity contribution in [3.63, 3.8) is 0 Å². The predicted molar refractivity (Wildman–Crippen MR) is 84.7 cm³/mol. The number of benzene rings is 1. The van der Waals surface area contributed by atoms with Crippen LogP contribution in [0.25, 0.3) is 0 Å². The van der Waals surface area contributed by atoms with E-state index < -0.39 is 0 Å². The molecule has 0 radical (unpaired) electrons. The molecule has 2 nitrogen and oxygen atoms in total. The first kappa shape index (κ1) is 14.1. The van der Waals surface area contributed by atoms with E-state index in [0.717, 1.165) is 18.5 Å². The predicted octanol–water partition coefficient (Wildman–Crippen LogP) is 3.65. The molecular weight excluding hydrogens is 244 g/mol. The van der Waals surface area contributed by atoms with Gasteiger partial charge in [-0.3, -0.25) is 4.90 Å². The second-order valence-corrected chi connectivity index (χ2v) is 6.66. The second kappa shape index (κ2) is 6.28. The summed E-state index contributed by atoms with van der Waals surface area (Å²) in [6.45, 7) is 4.15. The molecule has 1 saturated heterocycles. The van der Waals surface area contributed by atoms with Gasteiger partial charge < -0.3 is 5.73 Å². The van der Waals surface area contributed by atoms with Crippen LogP contribution in [0.2, 0.25) is 0 Å². The first-order valence-corrected chi connectivity index (χ1v) is 8.32. The van der Waals surface area contributed by atoms with Gasteiger partial charge in [0.1, 0.15) is 0 Å². The van der Waals surface area contributed by atoms with Gasteiger partial charge in [0, 0.05) is 18.6 Å². The molecule has 1 aliphatic carbocycles. The third-order valence-corrected chi connectivity index (χ3v) is 5.34. The van der Waals surface area contributed by atoms with Crippen molar-refractivity contribution in [3.05, 3.63) is 35.4 Å². The van der Waals surface area contributed by atoms with Gasteiger partial charge in [-0.15, -0.1) is 0 Å². The summed E-state index contributed by atoms with van der Waals surface area (Å²) in [5.74, 6) is 0.927. The molecule has 2 N–H and O–H groups in total. The van der Waals surface area contributed by atoms with Crippen LogP contribution in [0.1, 0.15) is 55.7 Å². The quantitative estimate of drug-likeness (QED) is 0.910. The van der Waals surface area contributed by atoms with Crippen LogP contribution in [0.4, 0.5) is 0 Å². The van der Waals surface area contributed by atoms with Crippen LogP contribution in [0.5, 0.6) is 0 Å². The van der Waals surface area contributed by atoms with Crippen LogP contribution >= 0.6 is 0 Å². The van der Waals surface area contributed by atoms with Gasteiger partial charge in [-0.1, -0.05) is 42.7 Å². The zero-order valence-corrected chi connectivity index (χ0v) is 12.7. The summed E-state index contributed by atoms with van der Waals surface area (Å²) in [6, 6.07) is 10.1. The van der Waals surface area contributed by atoms with Gasteiger partial charge in [0.2, 0.25) is 0 Å². The van der Waals surface area contributed by atoms with Gasteiger partial charge >= 0.3 is 0 Å². The Morgan fingerprint density at radius 3 is 2.80 bits per heavy atom. The topological polar surface area (TPSA) is 29.3 Å². The third kappa shape index (κ3) is 2.77. The average Bonchev–Trinajstić information content (AvgIpc) is 2.48. The Hall–Kier alpha value is -0.860. The van der Waals surface area contributed by atoms with Gasteiger partial charge in [0.05, 0.1) is 0 Å². The maximum atomic E-state index is 6.17. The molecule has 0 spiro atoms. The van der Waals surface area contributed by atoms with Crippen molar-refractivity contribution in [3.8, 4) is 0 Å². The third-order valence-electron chi connectivity index (χ3n) is 5.34. The molecule has 0 aromatic heterocycles. The molecule has 0 bridgehead atoms. The highest BCUT2D eigenvalue weighted by molar-refractivity contribution is 5.26. The van der Waals surface area contributed by atoms with E-state index in [1.807, 2.05) is 0 Å². The molecule has 2 aliphatic rings. The molecule has 1 aliphatic heterocycles. The Morgan fingerprint density at radius 2 is 2.00 bits per heavy atom. The number of hydrogen-bond acceptors (Lipinski definition) is 2. The van der Waals surface area contributed by atoms with Crippen molar-refractivity contribution in [2.45, 2.75) is 57.5 Å². The highest BCUT2D eigenvalue weighted by Gasteiger charge is 2.36. The first-order valence-electron chi connectivity index (χ1n) is 8.32. The number of nitrogens with zero attached hydrogens (tertiary/aromatic N) is 1. The molecule has 2 fully saturated rings. The minimum Gasteiger partial charge on any atom is -0.329 e. The Labute approximate surface area is 123 Å². The van der Waals surface area contributed by atoms with Gasteiger partial charge in [-0.2, -0.15) is 0 Å². The minimum atomic E-state index is 0.417. The number of hydrogen-bond donors (Lipinski definition) is 1. The molecule has 1 heterocycles. The monoisotopic (exact) mass is 272 g/mol. The van der Waals surface area contributed by atoms with E-state index >= 15 is 0 Å². The highest BCUT2D eigenvalue weighted by atomic mass is 15.2. The number of nitrogens with two attached hydrogens (primary N) is 1. The van der Waals surface area contributed by atoms with Crippen LogP contribution in [0, 0.1) is 12.8 Å². The van der Waals surface area contributed by atoms with Crippen LogP contribution in [0.15, 0.2) is 24.3 Å². The Bertz CT molecular complexity index is 441. The molecule has 2 heteroatoms. The molecule has 20 heavy (non-hydrogen) atoms. The summed E-state index contributed by atoms with van der Waals surface area (Å²) in [5.41, 5.74) is 8.93. The Kier molecular flexibility index (Phi) is 4.42. The van der Waals surface area contributed by atoms with Crippen molar-refractivity contribution < 1.29 is 0 Å². The summed E-state index contributed by atoms with van der Waals surface area (Å²) in [6.07, 6.45) is 8.45. The maximum Gasteiger partial charge on any atom is 0.0473 e. The standard InChI is InChI=1S/C18H28N2/c1-14-6-4-8-16(12-14)18(13-19)20-11-5-9-15-7-2-3-10-17(15)20/h4,6,8,12,15,17-18H,2-3,5,7,9-11,13,19H2,1H3/t15-,17-,18?/m1/s1. The number of fused-ring (bicyclic) bond motifs is 1. The van der Waals surface area contributed by atoms with E-state index in [1.165, 1.54) is 56.2 Å². The number of piperidine rings is 1. The SMILES string of the molecule is Cc1cccc(C(CN)N2CCC[C@H]3CCCC[C@H]32)c1. The number of aryl methyl sites for hydroxylation is 1. The van der Waals surface area contributed by atoms with Crippen molar-refractivity contribution >= 4 is 0 Å². The molecule has 1 saturated carbocycles. The zero-order chi connectivity index (χ0) is 13.9. The summed E-state index contributed by atoms with van der Waals surface area (Å²) in [5, 5.41) is 0. The lowest BCUT2D eigenvalue weighted by Crippen LogP contribution is -2.49. The fourth-order valence-electron chi connectivity index (χ4n) is 4.39. The van der Waals surface area contributed by atoms with Crippen LogP contribution in [-0.2, 0) is 0 Å². The second-order valence-electron chi connectivity index (χ2n) is 6.66. The summed E-state index contributed by atoms with van der Waals surface area (Å²) in [7, 11) is 0. The van der Waals surface area contributed by atoms with Crippen molar-refractivity contribution in [2.24, 2.45) is 11.7 Å². The van der Waals surface area contributed by atoms with Gasteiger partial charge in [-0.05, 0) is 50.6 Å². The molecule has 0 amide bonds. The lowest BCUT2D eigenvalue weighted by Gasteiger charge is -2.47. The van der Waals surface area contributed by atoms with Crippen LogP contribution < -0.4 is 5.73 Å². The lowest BCUT2D eigenvalue weighted by atomic mass is 9.77. The summed E-state index contributed by atoms with van der Waals surface area (Å²) < 4.78 is 0. The Balaban J connectivity index is 1.84. The summed E-state index contributed by atoms with van der Waals surface area (Å²) >= 11 is 0. The average molecular weight is 272 g/mol. The minimum absolute atomic E-state index is 0.417. The van der Waals surface area contributed by atoms with Crippen molar-refractivity contribution in [1.29, 1.82) is 0 Å². The molecule has 1 aromatic rings. The molecular formula is C18H28N2. The van der Waals surface area contributed by atoms with Crippen molar-refractivity contribution in [1.82, 2.24) is 4.90 Å². The van der Waals surface area contributed by atoms with Crippen LogP contribution in [-0.4, -0.2) is 24.0 Å². The first-order chi connectivity index (χ1) is 9.79. The maximum absolute atomic E-state index is 6.17. The largest absolute Gasteiger partial charge is 0.329 e. The molecule has 3 atom stereocenters. The fraction of sp³-hybridized carbons (Fsp3) is 0.667. The van der Waals surface area contributed by atoms with E-state index in [0.29, 0.717) is 6.04 Å². The van der Waals surface area contributed by atoms with Crippen molar-refractivity contribution in [2.75, 3.05) is 13.1 Å². The van der Waals surface area contributed by atoms with Gasteiger partial charge in [0.15, 0.2) is 0 Å². The lowest BCUT2D eigenvalue weighted by molar-refractivity contribution is 0.0276. The highest BCUT2D eigenvalue weighted by Crippen LogP contribution is 2.39. The Morgan fingerprint density at radius 1 is 1.20 bits per heavy atom. The summed E-state index contributed by atoms with van der Waals surface area (Å²) in [4.78, 5) is 2.74. The van der Waals surface area contributed by atoms with E-state index in [-0.39, 0.29) is 0 Å². The fourth-order valence-corrected chi connectivity index (χ4v) is 4.39. The number of rotatable bonds is 3. The van der Waals surface area contributed by atoms with Gasteiger partial charge in [0.25, 0.3) is 0 Å². The zero-order valence-electron chi connectivity index (χ0n) is 12.7. The van der Waals surface area contributed by atoms with E-state index in [9.17, 15) is 0 Å². The van der Waals surface area contributed by atoms with Gasteiger partial charge in [-0.25, -0.2) is 0 Å². The molecule has 1 unspecified atom stereocenters. The van der Waals surface area contributed by atoms with E-state index in [1.54, 1.807) is 0 Å². The molecule has 1 aromatic carbocycles.